The average Bonchev–Trinajstić information content (AvgIpc) is 2.66. The lowest BCUT2D eigenvalue weighted by atomic mass is 9.96. The highest BCUT2D eigenvalue weighted by molar-refractivity contribution is 5.82. The van der Waals surface area contributed by atoms with Gasteiger partial charge < -0.3 is 9.47 Å². The second kappa shape index (κ2) is 5.73. The van der Waals surface area contributed by atoms with Crippen molar-refractivity contribution in [3.8, 4) is 0 Å². The van der Waals surface area contributed by atoms with E-state index in [2.05, 4.69) is 0 Å². The van der Waals surface area contributed by atoms with Crippen molar-refractivity contribution >= 4 is 11.9 Å². The summed E-state index contributed by atoms with van der Waals surface area (Å²) >= 11 is 0. The van der Waals surface area contributed by atoms with Crippen molar-refractivity contribution in [2.75, 3.05) is 13.2 Å². The molecule has 0 aromatic rings. The fourth-order valence-corrected chi connectivity index (χ4v) is 2.02. The smallest absolute Gasteiger partial charge is 0.309 e. The lowest BCUT2D eigenvalue weighted by molar-refractivity contribution is -0.158. The minimum absolute atomic E-state index is 0.256. The van der Waals surface area contributed by atoms with E-state index in [0.29, 0.717) is 13.2 Å². The van der Waals surface area contributed by atoms with Gasteiger partial charge in [-0.05, 0) is 26.7 Å². The van der Waals surface area contributed by atoms with Crippen LogP contribution in [0, 0.1) is 11.8 Å². The van der Waals surface area contributed by atoms with E-state index in [9.17, 15) is 9.59 Å². The summed E-state index contributed by atoms with van der Waals surface area (Å²) < 4.78 is 9.88. The minimum atomic E-state index is -0.288. The Morgan fingerprint density at radius 3 is 1.73 bits per heavy atom. The van der Waals surface area contributed by atoms with Gasteiger partial charge in [-0.15, -0.1) is 0 Å². The van der Waals surface area contributed by atoms with Crippen molar-refractivity contribution in [3.63, 3.8) is 0 Å². The van der Waals surface area contributed by atoms with E-state index in [1.165, 1.54) is 0 Å². The quantitative estimate of drug-likeness (QED) is 0.666. The molecule has 0 N–H and O–H groups in total. The molecule has 2 atom stereocenters. The summed E-state index contributed by atoms with van der Waals surface area (Å²) in [4.78, 5) is 23.1. The second-order valence-corrected chi connectivity index (χ2v) is 3.65. The van der Waals surface area contributed by atoms with Gasteiger partial charge in [-0.2, -0.15) is 0 Å². The summed E-state index contributed by atoms with van der Waals surface area (Å²) in [6, 6.07) is 0. The Balaban J connectivity index is 2.56. The first-order chi connectivity index (χ1) is 7.20. The lowest BCUT2D eigenvalue weighted by Crippen LogP contribution is -2.28. The zero-order valence-corrected chi connectivity index (χ0v) is 9.32. The van der Waals surface area contributed by atoms with Crippen LogP contribution in [-0.4, -0.2) is 25.2 Å². The number of carbonyl (C=O) groups is 2. The molecule has 1 aliphatic rings. The molecule has 0 saturated heterocycles. The number of esters is 2. The summed E-state index contributed by atoms with van der Waals surface area (Å²) in [7, 11) is 0. The van der Waals surface area contributed by atoms with Gasteiger partial charge in [0, 0.05) is 0 Å². The van der Waals surface area contributed by atoms with Gasteiger partial charge in [-0.25, -0.2) is 0 Å². The summed E-state index contributed by atoms with van der Waals surface area (Å²) in [6.45, 7) is 4.27. The van der Waals surface area contributed by atoms with E-state index in [1.807, 2.05) is 0 Å². The maximum Gasteiger partial charge on any atom is 0.309 e. The maximum absolute atomic E-state index is 11.5. The molecule has 0 heterocycles. The first kappa shape index (κ1) is 12.0. The van der Waals surface area contributed by atoms with Crippen molar-refractivity contribution in [2.45, 2.75) is 33.1 Å². The topological polar surface area (TPSA) is 52.6 Å². The van der Waals surface area contributed by atoms with Crippen LogP contribution in [-0.2, 0) is 19.1 Å². The van der Waals surface area contributed by atoms with Crippen molar-refractivity contribution in [2.24, 2.45) is 11.8 Å². The summed E-state index contributed by atoms with van der Waals surface area (Å²) in [5, 5.41) is 0. The van der Waals surface area contributed by atoms with E-state index in [-0.39, 0.29) is 23.8 Å². The Labute approximate surface area is 89.9 Å². The number of ether oxygens (including phenoxy) is 2. The molecule has 1 rings (SSSR count). The first-order valence-electron chi connectivity index (χ1n) is 5.54. The fourth-order valence-electron chi connectivity index (χ4n) is 2.02. The second-order valence-electron chi connectivity index (χ2n) is 3.65. The third kappa shape index (κ3) is 2.94. The zero-order chi connectivity index (χ0) is 11.3. The molecule has 1 saturated carbocycles. The highest BCUT2D eigenvalue weighted by atomic mass is 16.5. The fraction of sp³-hybridized carbons (Fsp3) is 0.818. The molecule has 0 radical (unpaired) electrons. The Kier molecular flexibility index (Phi) is 4.59. The molecule has 0 aromatic carbocycles. The van der Waals surface area contributed by atoms with E-state index in [0.717, 1.165) is 19.3 Å². The third-order valence-corrected chi connectivity index (χ3v) is 2.69. The van der Waals surface area contributed by atoms with Crippen LogP contribution in [0.15, 0.2) is 0 Å². The number of carbonyl (C=O) groups excluding carboxylic acids is 2. The largest absolute Gasteiger partial charge is 0.466 e. The summed E-state index contributed by atoms with van der Waals surface area (Å²) in [5.41, 5.74) is 0. The van der Waals surface area contributed by atoms with Crippen LogP contribution in [0.5, 0.6) is 0 Å². The Hall–Kier alpha value is -1.06. The van der Waals surface area contributed by atoms with Crippen molar-refractivity contribution < 1.29 is 19.1 Å². The molecule has 0 aliphatic heterocycles. The summed E-state index contributed by atoms with van der Waals surface area (Å²) in [5.74, 6) is -1.09. The van der Waals surface area contributed by atoms with Gasteiger partial charge in [0.15, 0.2) is 0 Å². The molecular weight excluding hydrogens is 196 g/mol. The number of hydrogen-bond donors (Lipinski definition) is 0. The van der Waals surface area contributed by atoms with Crippen LogP contribution >= 0.6 is 0 Å². The lowest BCUT2D eigenvalue weighted by Gasteiger charge is -2.16. The van der Waals surface area contributed by atoms with Crippen LogP contribution in [0.2, 0.25) is 0 Å². The Morgan fingerprint density at radius 2 is 1.40 bits per heavy atom. The molecule has 4 heteroatoms. The predicted molar refractivity (Wildman–Crippen MR) is 54.1 cm³/mol. The van der Waals surface area contributed by atoms with Crippen LogP contribution in [0.1, 0.15) is 33.1 Å². The third-order valence-electron chi connectivity index (χ3n) is 2.69. The molecule has 0 bridgehead atoms. The van der Waals surface area contributed by atoms with Gasteiger partial charge in [0.25, 0.3) is 0 Å². The van der Waals surface area contributed by atoms with Gasteiger partial charge >= 0.3 is 11.9 Å². The van der Waals surface area contributed by atoms with E-state index < -0.39 is 0 Å². The normalized spacial score (nSPS) is 24.9. The molecule has 4 nitrogen and oxygen atoms in total. The molecule has 15 heavy (non-hydrogen) atoms. The highest BCUT2D eigenvalue weighted by Gasteiger charge is 2.39. The van der Waals surface area contributed by atoms with Crippen molar-refractivity contribution in [3.05, 3.63) is 0 Å². The van der Waals surface area contributed by atoms with E-state index in [1.54, 1.807) is 13.8 Å². The van der Waals surface area contributed by atoms with Crippen LogP contribution in [0.4, 0.5) is 0 Å². The molecule has 1 fully saturated rings. The molecule has 0 aromatic heterocycles. The monoisotopic (exact) mass is 214 g/mol. The van der Waals surface area contributed by atoms with E-state index >= 15 is 0 Å². The van der Waals surface area contributed by atoms with Crippen LogP contribution in [0.3, 0.4) is 0 Å². The molecule has 86 valence electrons. The van der Waals surface area contributed by atoms with Gasteiger partial charge in [-0.3, -0.25) is 9.59 Å². The highest BCUT2D eigenvalue weighted by Crippen LogP contribution is 2.33. The SMILES string of the molecule is CCOC(=O)[C@H]1CCC[C@@H]1C(=O)OCC. The van der Waals surface area contributed by atoms with Gasteiger partial charge in [0.1, 0.15) is 0 Å². The van der Waals surface area contributed by atoms with Gasteiger partial charge in [0.2, 0.25) is 0 Å². The molecule has 1 aliphatic carbocycles. The summed E-state index contributed by atoms with van der Waals surface area (Å²) in [6.07, 6.45) is 2.37. The zero-order valence-electron chi connectivity index (χ0n) is 9.32. The van der Waals surface area contributed by atoms with Crippen LogP contribution < -0.4 is 0 Å². The van der Waals surface area contributed by atoms with Crippen molar-refractivity contribution in [1.82, 2.24) is 0 Å². The first-order valence-corrected chi connectivity index (χ1v) is 5.54. The molecule has 0 spiro atoms. The standard InChI is InChI=1S/C11H18O4/c1-3-14-10(12)8-6-5-7-9(8)11(13)15-4-2/h8-9H,3-7H2,1-2H3/t8-,9-/m0/s1. The Morgan fingerprint density at radius 1 is 1.00 bits per heavy atom. The number of rotatable bonds is 4. The molecule has 0 unspecified atom stereocenters. The van der Waals surface area contributed by atoms with Gasteiger partial charge in [-0.1, -0.05) is 6.42 Å². The number of hydrogen-bond acceptors (Lipinski definition) is 4. The van der Waals surface area contributed by atoms with Gasteiger partial charge in [0.05, 0.1) is 25.0 Å². The van der Waals surface area contributed by atoms with E-state index in [4.69, 9.17) is 9.47 Å². The van der Waals surface area contributed by atoms with Crippen LogP contribution in [0.25, 0.3) is 0 Å². The maximum atomic E-state index is 11.5. The molecular formula is C11H18O4. The Bertz CT molecular complexity index is 213. The average molecular weight is 214 g/mol. The van der Waals surface area contributed by atoms with Crippen molar-refractivity contribution in [1.29, 1.82) is 0 Å². The minimum Gasteiger partial charge on any atom is -0.466 e. The molecule has 0 amide bonds. The predicted octanol–water partition coefficient (Wildman–Crippen LogP) is 1.53.